The zero-order valence-electron chi connectivity index (χ0n) is 29.2. The number of fused-ring (bicyclic) bond motifs is 5. The number of rotatable bonds is 8. The predicted molar refractivity (Wildman–Crippen MR) is 180 cm³/mol. The first kappa shape index (κ1) is 34.7. The van der Waals surface area contributed by atoms with Crippen molar-refractivity contribution in [2.45, 2.75) is 125 Å². The van der Waals surface area contributed by atoms with Crippen LogP contribution in [0.15, 0.2) is 11.6 Å². The molecule has 1 heterocycles. The summed E-state index contributed by atoms with van der Waals surface area (Å²) in [6.45, 7) is 19.0. The van der Waals surface area contributed by atoms with Crippen molar-refractivity contribution in [3.63, 3.8) is 0 Å². The number of carboxylic acids is 1. The van der Waals surface area contributed by atoms with Crippen LogP contribution in [0.2, 0.25) is 0 Å². The molecule has 4 fully saturated rings. The number of methoxy groups -OCH3 is 1. The molecule has 5 aliphatic rings. The average molecular weight is 634 g/mol. The molecule has 1 saturated heterocycles. The number of thioether (sulfide) groups is 1. The van der Waals surface area contributed by atoms with E-state index in [4.69, 9.17) is 15.2 Å². The molecule has 10 atom stereocenters. The summed E-state index contributed by atoms with van der Waals surface area (Å²) in [6, 6.07) is 0. The van der Waals surface area contributed by atoms with Gasteiger partial charge in [0.1, 0.15) is 0 Å². The Balaban J connectivity index is 1.52. The largest absolute Gasteiger partial charge is 0.481 e. The van der Waals surface area contributed by atoms with Crippen LogP contribution < -0.4 is 5.73 Å². The minimum absolute atomic E-state index is 0.0886. The van der Waals surface area contributed by atoms with E-state index in [9.17, 15) is 15.0 Å². The van der Waals surface area contributed by atoms with E-state index in [0.717, 1.165) is 62.9 Å². The molecular weight excluding hydrogens is 570 g/mol. The molecule has 5 rings (SSSR count). The molecule has 0 aromatic carbocycles. The lowest BCUT2D eigenvalue weighted by molar-refractivity contribution is -0.223. The van der Waals surface area contributed by atoms with Gasteiger partial charge in [0.15, 0.2) is 0 Å². The Morgan fingerprint density at radius 1 is 1.05 bits per heavy atom. The van der Waals surface area contributed by atoms with Gasteiger partial charge in [-0.3, -0.25) is 4.79 Å². The first-order valence-electron chi connectivity index (χ1n) is 17.5. The van der Waals surface area contributed by atoms with Gasteiger partial charge in [0.05, 0.1) is 31.3 Å². The molecule has 3 saturated carbocycles. The molecule has 0 unspecified atom stereocenters. The third kappa shape index (κ3) is 4.99. The minimum Gasteiger partial charge on any atom is -0.481 e. The van der Waals surface area contributed by atoms with Crippen LogP contribution in [0.3, 0.4) is 0 Å². The number of hydrogen-bond acceptors (Lipinski definition) is 6. The Morgan fingerprint density at radius 3 is 2.27 bits per heavy atom. The second-order valence-electron chi connectivity index (χ2n) is 17.5. The number of allylic oxidation sites excluding steroid dienone is 1. The Morgan fingerprint density at radius 2 is 1.70 bits per heavy atom. The van der Waals surface area contributed by atoms with E-state index >= 15 is 0 Å². The van der Waals surface area contributed by atoms with E-state index < -0.39 is 17.3 Å². The van der Waals surface area contributed by atoms with Crippen molar-refractivity contribution in [1.82, 2.24) is 0 Å². The van der Waals surface area contributed by atoms with Gasteiger partial charge in [-0.25, -0.2) is 0 Å². The van der Waals surface area contributed by atoms with Crippen LogP contribution in [0.5, 0.6) is 0 Å². The second-order valence-corrected chi connectivity index (χ2v) is 18.7. The molecule has 0 spiro atoms. The van der Waals surface area contributed by atoms with Crippen LogP contribution >= 0.6 is 11.8 Å². The number of aliphatic hydroxyl groups excluding tert-OH is 1. The molecule has 0 aromatic heterocycles. The van der Waals surface area contributed by atoms with Gasteiger partial charge in [-0.2, -0.15) is 11.8 Å². The van der Waals surface area contributed by atoms with Crippen molar-refractivity contribution >= 4 is 17.7 Å². The highest BCUT2D eigenvalue weighted by Gasteiger charge is 2.70. The van der Waals surface area contributed by atoms with Gasteiger partial charge in [-0.15, -0.1) is 0 Å². The van der Waals surface area contributed by atoms with Crippen molar-refractivity contribution in [1.29, 1.82) is 0 Å². The number of aliphatic carboxylic acids is 1. The maximum absolute atomic E-state index is 13.3. The van der Waals surface area contributed by atoms with E-state index in [-0.39, 0.29) is 57.8 Å². The highest BCUT2D eigenvalue weighted by molar-refractivity contribution is 7.99. The van der Waals surface area contributed by atoms with Gasteiger partial charge in [0.2, 0.25) is 0 Å². The number of nitrogens with two attached hydrogens (primary N) is 1. The average Bonchev–Trinajstić information content (AvgIpc) is 2.96. The smallest absolute Gasteiger partial charge is 0.307 e. The fraction of sp³-hybridized carbons (Fsp3) is 0.919. The maximum Gasteiger partial charge on any atom is 0.307 e. The normalized spacial score (nSPS) is 45.5. The molecule has 4 N–H and O–H groups in total. The highest BCUT2D eigenvalue weighted by atomic mass is 32.2. The van der Waals surface area contributed by atoms with E-state index in [0.29, 0.717) is 18.4 Å². The van der Waals surface area contributed by atoms with E-state index in [1.165, 1.54) is 5.57 Å². The Bertz CT molecular complexity index is 1120. The Hall–Kier alpha value is -0.600. The molecule has 0 radical (unpaired) electrons. The quantitative estimate of drug-likeness (QED) is 0.243. The first-order valence-corrected chi connectivity index (χ1v) is 18.7. The lowest BCUT2D eigenvalue weighted by Crippen LogP contribution is -2.67. The van der Waals surface area contributed by atoms with Crippen LogP contribution in [0, 0.1) is 56.7 Å². The van der Waals surface area contributed by atoms with E-state index in [2.05, 4.69) is 61.5 Å². The fourth-order valence-corrected chi connectivity index (χ4v) is 13.2. The fourth-order valence-electron chi connectivity index (χ4n) is 11.8. The Labute approximate surface area is 272 Å². The third-order valence-corrected chi connectivity index (χ3v) is 16.1. The van der Waals surface area contributed by atoms with Crippen LogP contribution in [0.1, 0.15) is 107 Å². The predicted octanol–water partition coefficient (Wildman–Crippen LogP) is 7.18. The van der Waals surface area contributed by atoms with Gasteiger partial charge >= 0.3 is 5.97 Å². The minimum atomic E-state index is -0.636. The maximum atomic E-state index is 13.3. The number of aliphatic hydroxyl groups is 1. The van der Waals surface area contributed by atoms with Crippen molar-refractivity contribution in [3.05, 3.63) is 11.6 Å². The van der Waals surface area contributed by atoms with Gasteiger partial charge in [0, 0.05) is 18.1 Å². The number of carboxylic acid groups (broad SMARTS) is 1. The molecule has 44 heavy (non-hydrogen) atoms. The molecule has 6 nitrogen and oxygen atoms in total. The van der Waals surface area contributed by atoms with Crippen LogP contribution in [0.4, 0.5) is 0 Å². The van der Waals surface area contributed by atoms with Gasteiger partial charge < -0.3 is 25.4 Å². The molecule has 0 aromatic rings. The summed E-state index contributed by atoms with van der Waals surface area (Å²) in [5.74, 6) is 2.36. The number of hydrogen-bond donors (Lipinski definition) is 3. The summed E-state index contributed by atoms with van der Waals surface area (Å²) >= 11 is 1.98. The molecule has 252 valence electrons. The zero-order valence-corrected chi connectivity index (χ0v) is 30.0. The van der Waals surface area contributed by atoms with Crippen molar-refractivity contribution in [2.75, 3.05) is 31.8 Å². The zero-order chi connectivity index (χ0) is 32.5. The van der Waals surface area contributed by atoms with Crippen LogP contribution in [-0.2, 0) is 14.3 Å². The monoisotopic (exact) mass is 633 g/mol. The summed E-state index contributed by atoms with van der Waals surface area (Å²) in [5.41, 5.74) is 6.52. The van der Waals surface area contributed by atoms with Crippen molar-refractivity contribution < 1.29 is 24.5 Å². The van der Waals surface area contributed by atoms with Crippen LogP contribution in [0.25, 0.3) is 0 Å². The van der Waals surface area contributed by atoms with Gasteiger partial charge in [-0.1, -0.05) is 67.0 Å². The standard InChI is InChI=1S/C37H63NO5S/c1-23(2)24(3)33(6)14-15-34(7)25-10-11-28-32(4,5)30(43-22-36(38)16-18-44-19-17-36)27(42-9)20-37(28,21-39)26(25)12-13-35(34,8)29(33)31(40)41/h12,23-25,27-30,39H,10-11,13-22,38H2,1-9H3,(H,40,41)/t24-,25+,27-,28+,29-,30+,33-,34-,35+,37+/m1/s1. The second kappa shape index (κ2) is 11.8. The summed E-state index contributed by atoms with van der Waals surface area (Å²) in [6.07, 6.45) is 9.56. The summed E-state index contributed by atoms with van der Waals surface area (Å²) in [4.78, 5) is 13.3. The molecular formula is C37H63NO5S. The molecule has 7 heteroatoms. The molecule has 0 bridgehead atoms. The SMILES string of the molecule is CO[C@@H]1C[C@]2(CO)C3=CC[C@@]4(C)[C@H](C(=O)O)[C@@](C)([C@H](C)C(C)C)CC[C@]4(C)[C@H]3CC[C@H]2C(C)(C)[C@H]1OCC1(N)CCSCC1. The number of ether oxygens (including phenoxy) is 2. The van der Waals surface area contributed by atoms with Crippen molar-refractivity contribution in [2.24, 2.45) is 62.4 Å². The first-order chi connectivity index (χ1) is 20.5. The lowest BCUT2D eigenvalue weighted by atomic mass is 9.34. The van der Waals surface area contributed by atoms with E-state index in [1.54, 1.807) is 7.11 Å². The van der Waals surface area contributed by atoms with Gasteiger partial charge in [-0.05, 0) is 108 Å². The summed E-state index contributed by atoms with van der Waals surface area (Å²) in [5, 5.41) is 22.4. The Kier molecular flexibility index (Phi) is 9.33. The third-order valence-electron chi connectivity index (χ3n) is 15.1. The van der Waals surface area contributed by atoms with Gasteiger partial charge in [0.25, 0.3) is 0 Å². The molecule has 1 aliphatic heterocycles. The molecule has 4 aliphatic carbocycles. The lowest BCUT2D eigenvalue weighted by Gasteiger charge is -2.70. The van der Waals surface area contributed by atoms with E-state index in [1.807, 2.05) is 11.8 Å². The summed E-state index contributed by atoms with van der Waals surface area (Å²) < 4.78 is 13.1. The number of carbonyl (C=O) groups is 1. The van der Waals surface area contributed by atoms with Crippen LogP contribution in [-0.4, -0.2) is 65.8 Å². The van der Waals surface area contributed by atoms with Crippen molar-refractivity contribution in [3.8, 4) is 0 Å². The topological polar surface area (TPSA) is 102 Å². The highest BCUT2D eigenvalue weighted by Crippen LogP contribution is 2.74. The summed E-state index contributed by atoms with van der Waals surface area (Å²) in [7, 11) is 1.79. The molecule has 0 amide bonds.